The summed E-state index contributed by atoms with van der Waals surface area (Å²) >= 11 is 5.88. The summed E-state index contributed by atoms with van der Waals surface area (Å²) in [6.07, 6.45) is 1.51. The lowest BCUT2D eigenvalue weighted by atomic mass is 9.99. The number of nitrogen functional groups attached to an aromatic ring is 1. The predicted octanol–water partition coefficient (Wildman–Crippen LogP) is 3.79. The van der Waals surface area contributed by atoms with Crippen LogP contribution in [0.1, 0.15) is 34.0 Å². The number of aliphatic hydroxyl groups is 1. The van der Waals surface area contributed by atoms with Crippen LogP contribution < -0.4 is 11.1 Å². The van der Waals surface area contributed by atoms with E-state index in [0.29, 0.717) is 29.2 Å². The molecule has 0 spiro atoms. The molecule has 1 atom stereocenters. The molecule has 2 aromatic carbocycles. The van der Waals surface area contributed by atoms with E-state index >= 15 is 0 Å². The SMILES string of the molecule is Cc1ccc(-c2ccn3nc(N)nc3c2)cc1C(=O)NCCC(O)c1ccc(Cl)cc1. The number of amides is 1. The average Bonchev–Trinajstić information content (AvgIpc) is 3.13. The minimum atomic E-state index is -0.674. The first kappa shape index (κ1) is 20.8. The van der Waals surface area contributed by atoms with Crippen molar-refractivity contribution in [1.29, 1.82) is 0 Å². The number of carbonyl (C=O) groups excluding carboxylic acids is 1. The number of aromatic nitrogens is 3. The van der Waals surface area contributed by atoms with Crippen molar-refractivity contribution in [3.8, 4) is 11.1 Å². The lowest BCUT2D eigenvalue weighted by Gasteiger charge is -2.13. The third-order valence-electron chi connectivity index (χ3n) is 5.13. The van der Waals surface area contributed by atoms with E-state index < -0.39 is 6.10 Å². The van der Waals surface area contributed by atoms with Gasteiger partial charge in [-0.05, 0) is 65.9 Å². The van der Waals surface area contributed by atoms with Gasteiger partial charge in [0, 0.05) is 23.3 Å². The fourth-order valence-electron chi connectivity index (χ4n) is 3.39. The summed E-state index contributed by atoms with van der Waals surface area (Å²) in [5.41, 5.74) is 10.3. The molecule has 4 N–H and O–H groups in total. The van der Waals surface area contributed by atoms with E-state index in [2.05, 4.69) is 15.4 Å². The van der Waals surface area contributed by atoms with Crippen LogP contribution in [0.25, 0.3) is 16.8 Å². The number of nitrogens with zero attached hydrogens (tertiary/aromatic N) is 3. The van der Waals surface area contributed by atoms with Gasteiger partial charge in [0.15, 0.2) is 5.65 Å². The molecule has 2 heterocycles. The molecular formula is C23H22ClN5O2. The molecular weight excluding hydrogens is 414 g/mol. The number of aliphatic hydroxyl groups excluding tert-OH is 1. The number of hydrogen-bond acceptors (Lipinski definition) is 5. The number of benzene rings is 2. The molecule has 7 nitrogen and oxygen atoms in total. The van der Waals surface area contributed by atoms with Crippen LogP contribution in [-0.2, 0) is 0 Å². The molecule has 1 amide bonds. The molecule has 2 aromatic heterocycles. The van der Waals surface area contributed by atoms with Crippen LogP contribution in [0.5, 0.6) is 0 Å². The van der Waals surface area contributed by atoms with Gasteiger partial charge < -0.3 is 16.2 Å². The molecule has 4 aromatic rings. The van der Waals surface area contributed by atoms with Crippen molar-refractivity contribution in [3.63, 3.8) is 0 Å². The highest BCUT2D eigenvalue weighted by Gasteiger charge is 2.13. The zero-order valence-corrected chi connectivity index (χ0v) is 17.7. The maximum absolute atomic E-state index is 12.8. The molecule has 0 saturated carbocycles. The van der Waals surface area contributed by atoms with Gasteiger partial charge in [0.25, 0.3) is 5.91 Å². The molecule has 0 aliphatic carbocycles. The number of anilines is 1. The van der Waals surface area contributed by atoms with Gasteiger partial charge in [0.2, 0.25) is 5.95 Å². The van der Waals surface area contributed by atoms with Crippen LogP contribution >= 0.6 is 11.6 Å². The number of aryl methyl sites for hydroxylation is 1. The molecule has 1 unspecified atom stereocenters. The lowest BCUT2D eigenvalue weighted by Crippen LogP contribution is -2.26. The van der Waals surface area contributed by atoms with Crippen LogP contribution in [0.4, 0.5) is 5.95 Å². The highest BCUT2D eigenvalue weighted by Crippen LogP contribution is 2.24. The first-order valence-corrected chi connectivity index (χ1v) is 10.2. The summed E-state index contributed by atoms with van der Waals surface area (Å²) < 4.78 is 1.60. The van der Waals surface area contributed by atoms with E-state index in [-0.39, 0.29) is 11.9 Å². The zero-order valence-electron chi connectivity index (χ0n) is 16.9. The first-order valence-electron chi connectivity index (χ1n) is 9.85. The van der Waals surface area contributed by atoms with Crippen molar-refractivity contribution in [2.24, 2.45) is 0 Å². The number of halogens is 1. The fraction of sp³-hybridized carbons (Fsp3) is 0.174. The Morgan fingerprint density at radius 2 is 1.90 bits per heavy atom. The summed E-state index contributed by atoms with van der Waals surface area (Å²) in [4.78, 5) is 17.0. The van der Waals surface area contributed by atoms with Gasteiger partial charge in [-0.2, -0.15) is 4.98 Å². The van der Waals surface area contributed by atoms with E-state index in [1.165, 1.54) is 0 Å². The Morgan fingerprint density at radius 1 is 1.16 bits per heavy atom. The Bertz CT molecular complexity index is 1240. The molecule has 0 aliphatic heterocycles. The quantitative estimate of drug-likeness (QED) is 0.427. The van der Waals surface area contributed by atoms with Gasteiger partial charge in [-0.1, -0.05) is 35.9 Å². The maximum atomic E-state index is 12.8. The van der Waals surface area contributed by atoms with E-state index in [1.54, 1.807) is 35.0 Å². The Morgan fingerprint density at radius 3 is 2.68 bits per heavy atom. The van der Waals surface area contributed by atoms with E-state index in [0.717, 1.165) is 22.3 Å². The van der Waals surface area contributed by atoms with Gasteiger partial charge in [-0.15, -0.1) is 5.10 Å². The minimum Gasteiger partial charge on any atom is -0.388 e. The average molecular weight is 436 g/mol. The van der Waals surface area contributed by atoms with Gasteiger partial charge in [-0.25, -0.2) is 4.52 Å². The fourth-order valence-corrected chi connectivity index (χ4v) is 3.52. The number of fused-ring (bicyclic) bond motifs is 1. The highest BCUT2D eigenvalue weighted by atomic mass is 35.5. The number of carbonyl (C=O) groups is 1. The summed E-state index contributed by atoms with van der Waals surface area (Å²) in [6, 6.07) is 16.5. The monoisotopic (exact) mass is 435 g/mol. The Hall–Kier alpha value is -3.42. The molecule has 31 heavy (non-hydrogen) atoms. The molecule has 0 fully saturated rings. The summed E-state index contributed by atoms with van der Waals surface area (Å²) in [5.74, 6) is 0.0253. The predicted molar refractivity (Wildman–Crippen MR) is 121 cm³/mol. The Balaban J connectivity index is 1.45. The smallest absolute Gasteiger partial charge is 0.251 e. The second-order valence-corrected chi connectivity index (χ2v) is 7.77. The number of rotatable bonds is 6. The molecule has 8 heteroatoms. The van der Waals surface area contributed by atoms with E-state index in [9.17, 15) is 9.90 Å². The van der Waals surface area contributed by atoms with E-state index in [4.69, 9.17) is 17.3 Å². The largest absolute Gasteiger partial charge is 0.388 e. The third kappa shape index (κ3) is 4.68. The summed E-state index contributed by atoms with van der Waals surface area (Å²) in [6.45, 7) is 2.24. The van der Waals surface area contributed by atoms with Gasteiger partial charge in [0.05, 0.1) is 6.10 Å². The van der Waals surface area contributed by atoms with Gasteiger partial charge in [-0.3, -0.25) is 4.79 Å². The number of hydrogen-bond donors (Lipinski definition) is 3. The van der Waals surface area contributed by atoms with Crippen molar-refractivity contribution in [2.45, 2.75) is 19.4 Å². The molecule has 4 rings (SSSR count). The number of pyridine rings is 1. The summed E-state index contributed by atoms with van der Waals surface area (Å²) in [7, 11) is 0. The van der Waals surface area contributed by atoms with Crippen LogP contribution in [-0.4, -0.2) is 32.2 Å². The van der Waals surface area contributed by atoms with Crippen molar-refractivity contribution >= 4 is 29.1 Å². The molecule has 158 valence electrons. The highest BCUT2D eigenvalue weighted by molar-refractivity contribution is 6.30. The van der Waals surface area contributed by atoms with E-state index in [1.807, 2.05) is 37.3 Å². The zero-order chi connectivity index (χ0) is 22.0. The molecule has 0 aliphatic rings. The number of nitrogens with two attached hydrogens (primary N) is 1. The van der Waals surface area contributed by atoms with Gasteiger partial charge in [0.1, 0.15) is 0 Å². The second kappa shape index (κ2) is 8.75. The first-order chi connectivity index (χ1) is 14.9. The van der Waals surface area contributed by atoms with Crippen molar-refractivity contribution in [3.05, 3.63) is 82.5 Å². The lowest BCUT2D eigenvalue weighted by molar-refractivity contribution is 0.0942. The minimum absolute atomic E-state index is 0.185. The number of nitrogens with one attached hydrogen (secondary N) is 1. The Labute approximate surface area is 184 Å². The topological polar surface area (TPSA) is 106 Å². The van der Waals surface area contributed by atoms with Crippen LogP contribution in [0.2, 0.25) is 5.02 Å². The normalized spacial score (nSPS) is 12.1. The van der Waals surface area contributed by atoms with Crippen molar-refractivity contribution in [1.82, 2.24) is 19.9 Å². The van der Waals surface area contributed by atoms with Gasteiger partial charge >= 0.3 is 0 Å². The van der Waals surface area contributed by atoms with Crippen molar-refractivity contribution < 1.29 is 9.90 Å². The maximum Gasteiger partial charge on any atom is 0.251 e. The van der Waals surface area contributed by atoms with Crippen LogP contribution in [0, 0.1) is 6.92 Å². The third-order valence-corrected chi connectivity index (χ3v) is 5.38. The molecule has 0 saturated heterocycles. The standard InChI is InChI=1S/C23H22ClN5O2/c1-14-2-3-16(17-9-11-29-21(13-17)27-23(25)28-29)12-19(14)22(31)26-10-8-20(30)15-4-6-18(24)7-5-15/h2-7,9,11-13,20,30H,8,10H2,1H3,(H2,25,28)(H,26,31). The summed E-state index contributed by atoms with van der Waals surface area (Å²) in [5, 5.41) is 17.9. The molecule has 0 radical (unpaired) electrons. The molecule has 0 bridgehead atoms. The van der Waals surface area contributed by atoms with Crippen LogP contribution in [0.3, 0.4) is 0 Å². The Kier molecular flexibility index (Phi) is 5.88. The van der Waals surface area contributed by atoms with Crippen molar-refractivity contribution in [2.75, 3.05) is 12.3 Å². The van der Waals surface area contributed by atoms with Crippen LogP contribution in [0.15, 0.2) is 60.8 Å². The second-order valence-electron chi connectivity index (χ2n) is 7.33.